The highest BCUT2D eigenvalue weighted by molar-refractivity contribution is 7.20. The Labute approximate surface area is 119 Å². The summed E-state index contributed by atoms with van der Waals surface area (Å²) in [4.78, 5) is 12.5. The van der Waals surface area contributed by atoms with Gasteiger partial charge in [-0.05, 0) is 30.3 Å². The van der Waals surface area contributed by atoms with E-state index in [4.69, 9.17) is 4.42 Å². The van der Waals surface area contributed by atoms with Crippen molar-refractivity contribution in [1.82, 2.24) is 5.32 Å². The summed E-state index contributed by atoms with van der Waals surface area (Å²) in [7, 11) is 0. The van der Waals surface area contributed by atoms with Crippen LogP contribution in [0.3, 0.4) is 0 Å². The Morgan fingerprint density at radius 1 is 1.30 bits per heavy atom. The molecule has 0 saturated carbocycles. The van der Waals surface area contributed by atoms with Crippen LogP contribution in [0.2, 0.25) is 0 Å². The second-order valence-corrected chi connectivity index (χ2v) is 5.43. The molecule has 0 saturated heterocycles. The van der Waals surface area contributed by atoms with Crippen LogP contribution < -0.4 is 5.32 Å². The molecule has 0 radical (unpaired) electrons. The van der Waals surface area contributed by atoms with Crippen LogP contribution in [0.1, 0.15) is 15.4 Å². The molecule has 1 N–H and O–H groups in total. The fourth-order valence-electron chi connectivity index (χ4n) is 1.98. The molecule has 0 bridgehead atoms. The molecule has 1 aromatic carbocycles. The van der Waals surface area contributed by atoms with Crippen molar-refractivity contribution in [1.29, 1.82) is 0 Å². The van der Waals surface area contributed by atoms with Crippen molar-refractivity contribution in [3.63, 3.8) is 0 Å². The number of halogens is 1. The number of carbonyl (C=O) groups is 1. The predicted octanol–water partition coefficient (Wildman–Crippen LogP) is 3.61. The molecule has 3 rings (SSSR count). The van der Waals surface area contributed by atoms with E-state index in [-0.39, 0.29) is 11.7 Å². The molecule has 3 nitrogen and oxygen atoms in total. The number of amides is 1. The summed E-state index contributed by atoms with van der Waals surface area (Å²) in [5.41, 5.74) is 0. The lowest BCUT2D eigenvalue weighted by atomic mass is 10.2. The Bertz CT molecular complexity index is 734. The van der Waals surface area contributed by atoms with E-state index in [2.05, 4.69) is 5.32 Å². The smallest absolute Gasteiger partial charge is 0.261 e. The number of hydrogen-bond acceptors (Lipinski definition) is 3. The Hall–Kier alpha value is -2.14. The zero-order valence-corrected chi connectivity index (χ0v) is 11.4. The first-order valence-corrected chi connectivity index (χ1v) is 7.04. The van der Waals surface area contributed by atoms with Gasteiger partial charge in [0.05, 0.1) is 11.1 Å². The van der Waals surface area contributed by atoms with Crippen LogP contribution in [0.5, 0.6) is 0 Å². The lowest BCUT2D eigenvalue weighted by Gasteiger charge is -2.01. The first-order chi connectivity index (χ1) is 9.74. The molecular formula is C15H12FNO2S. The van der Waals surface area contributed by atoms with Crippen molar-refractivity contribution in [2.45, 2.75) is 6.42 Å². The van der Waals surface area contributed by atoms with Gasteiger partial charge in [0, 0.05) is 23.1 Å². The highest BCUT2D eigenvalue weighted by Gasteiger charge is 2.12. The van der Waals surface area contributed by atoms with Gasteiger partial charge in [-0.15, -0.1) is 11.3 Å². The number of rotatable bonds is 4. The number of furan rings is 1. The maximum Gasteiger partial charge on any atom is 0.261 e. The van der Waals surface area contributed by atoms with Gasteiger partial charge >= 0.3 is 0 Å². The SMILES string of the molecule is O=C(NCCc1ccco1)c1cc2c(F)cccc2s1. The first-order valence-electron chi connectivity index (χ1n) is 6.22. The van der Waals surface area contributed by atoms with Gasteiger partial charge < -0.3 is 9.73 Å². The molecular weight excluding hydrogens is 277 g/mol. The van der Waals surface area contributed by atoms with E-state index in [9.17, 15) is 9.18 Å². The van der Waals surface area contributed by atoms with Crippen LogP contribution in [-0.2, 0) is 6.42 Å². The molecule has 3 aromatic rings. The monoisotopic (exact) mass is 289 g/mol. The van der Waals surface area contributed by atoms with E-state index in [1.54, 1.807) is 18.4 Å². The van der Waals surface area contributed by atoms with Gasteiger partial charge in [-0.3, -0.25) is 4.79 Å². The predicted molar refractivity (Wildman–Crippen MR) is 76.5 cm³/mol. The summed E-state index contributed by atoms with van der Waals surface area (Å²) in [5, 5.41) is 3.30. The van der Waals surface area contributed by atoms with E-state index >= 15 is 0 Å². The quantitative estimate of drug-likeness (QED) is 0.797. The van der Waals surface area contributed by atoms with Gasteiger partial charge in [0.2, 0.25) is 0 Å². The molecule has 0 aliphatic carbocycles. The van der Waals surface area contributed by atoms with E-state index in [1.165, 1.54) is 17.4 Å². The summed E-state index contributed by atoms with van der Waals surface area (Å²) >= 11 is 1.29. The number of carbonyl (C=O) groups excluding carboxylic acids is 1. The minimum atomic E-state index is -0.298. The Morgan fingerprint density at radius 3 is 2.95 bits per heavy atom. The topological polar surface area (TPSA) is 42.2 Å². The van der Waals surface area contributed by atoms with Crippen LogP contribution in [0.25, 0.3) is 10.1 Å². The molecule has 0 spiro atoms. The number of nitrogens with one attached hydrogen (secondary N) is 1. The van der Waals surface area contributed by atoms with Crippen LogP contribution in [0.4, 0.5) is 4.39 Å². The second kappa shape index (κ2) is 5.46. The van der Waals surface area contributed by atoms with E-state index in [0.717, 1.165) is 10.5 Å². The Morgan fingerprint density at radius 2 is 2.20 bits per heavy atom. The molecule has 0 aliphatic heterocycles. The van der Waals surface area contributed by atoms with Gasteiger partial charge in [0.25, 0.3) is 5.91 Å². The highest BCUT2D eigenvalue weighted by atomic mass is 32.1. The lowest BCUT2D eigenvalue weighted by molar-refractivity contribution is 0.0958. The van der Waals surface area contributed by atoms with Crippen molar-refractivity contribution in [3.05, 3.63) is 59.1 Å². The molecule has 2 aromatic heterocycles. The van der Waals surface area contributed by atoms with E-state index in [0.29, 0.717) is 23.2 Å². The molecule has 0 fully saturated rings. The fraction of sp³-hybridized carbons (Fsp3) is 0.133. The van der Waals surface area contributed by atoms with Crippen molar-refractivity contribution >= 4 is 27.3 Å². The van der Waals surface area contributed by atoms with Gasteiger partial charge in [-0.1, -0.05) is 6.07 Å². The minimum Gasteiger partial charge on any atom is -0.469 e. The number of benzene rings is 1. The zero-order chi connectivity index (χ0) is 13.9. The molecule has 102 valence electrons. The average molecular weight is 289 g/mol. The summed E-state index contributed by atoms with van der Waals surface area (Å²) < 4.78 is 19.5. The molecule has 0 atom stereocenters. The van der Waals surface area contributed by atoms with Gasteiger partial charge in [0.15, 0.2) is 0 Å². The minimum absolute atomic E-state index is 0.183. The summed E-state index contributed by atoms with van der Waals surface area (Å²) in [6.07, 6.45) is 2.24. The number of hydrogen-bond donors (Lipinski definition) is 1. The molecule has 2 heterocycles. The molecule has 1 amide bonds. The van der Waals surface area contributed by atoms with Crippen molar-refractivity contribution in [3.8, 4) is 0 Å². The Kier molecular flexibility index (Phi) is 3.52. The molecule has 20 heavy (non-hydrogen) atoms. The highest BCUT2D eigenvalue weighted by Crippen LogP contribution is 2.27. The summed E-state index contributed by atoms with van der Waals surface area (Å²) in [5.74, 6) is 0.346. The van der Waals surface area contributed by atoms with E-state index in [1.807, 2.05) is 18.2 Å². The third kappa shape index (κ3) is 2.58. The van der Waals surface area contributed by atoms with Crippen LogP contribution in [0.15, 0.2) is 47.1 Å². The largest absolute Gasteiger partial charge is 0.469 e. The van der Waals surface area contributed by atoms with Crippen molar-refractivity contribution in [2.24, 2.45) is 0 Å². The maximum atomic E-state index is 13.6. The van der Waals surface area contributed by atoms with Gasteiger partial charge in [-0.25, -0.2) is 4.39 Å². The van der Waals surface area contributed by atoms with Crippen LogP contribution >= 0.6 is 11.3 Å². The third-order valence-corrected chi connectivity index (χ3v) is 4.07. The first kappa shape index (κ1) is 12.9. The normalized spacial score (nSPS) is 10.8. The number of fused-ring (bicyclic) bond motifs is 1. The summed E-state index contributed by atoms with van der Waals surface area (Å²) in [6, 6.07) is 10.1. The Balaban J connectivity index is 1.68. The second-order valence-electron chi connectivity index (χ2n) is 4.35. The zero-order valence-electron chi connectivity index (χ0n) is 10.6. The molecule has 5 heteroatoms. The summed E-state index contributed by atoms with van der Waals surface area (Å²) in [6.45, 7) is 0.489. The maximum absolute atomic E-state index is 13.6. The number of thiophene rings is 1. The average Bonchev–Trinajstić information content (AvgIpc) is 3.07. The van der Waals surface area contributed by atoms with Crippen molar-refractivity contribution in [2.75, 3.05) is 6.54 Å². The van der Waals surface area contributed by atoms with Crippen LogP contribution in [-0.4, -0.2) is 12.5 Å². The third-order valence-electron chi connectivity index (χ3n) is 2.97. The lowest BCUT2D eigenvalue weighted by Crippen LogP contribution is -2.24. The standard InChI is InChI=1S/C15H12FNO2S/c16-12-4-1-5-13-11(12)9-14(20-13)15(18)17-7-6-10-3-2-8-19-10/h1-5,8-9H,6-7H2,(H,17,18). The van der Waals surface area contributed by atoms with Gasteiger partial charge in [0.1, 0.15) is 11.6 Å². The van der Waals surface area contributed by atoms with Crippen molar-refractivity contribution < 1.29 is 13.6 Å². The van der Waals surface area contributed by atoms with Crippen LogP contribution in [0, 0.1) is 5.82 Å². The van der Waals surface area contributed by atoms with Gasteiger partial charge in [-0.2, -0.15) is 0 Å². The van der Waals surface area contributed by atoms with E-state index < -0.39 is 0 Å². The molecule has 0 unspecified atom stereocenters. The fourth-order valence-corrected chi connectivity index (χ4v) is 2.97. The molecule has 0 aliphatic rings.